The Kier molecular flexibility index (Phi) is 5.74. The van der Waals surface area contributed by atoms with Gasteiger partial charge in [-0.2, -0.15) is 13.2 Å². The van der Waals surface area contributed by atoms with E-state index >= 15 is 0 Å². The lowest BCUT2D eigenvalue weighted by atomic mass is 10.2. The number of urea groups is 1. The van der Waals surface area contributed by atoms with E-state index in [1.165, 1.54) is 36.4 Å². The molecule has 0 aliphatic carbocycles. The average Bonchev–Trinajstić information content (AvgIpc) is 2.48. The van der Waals surface area contributed by atoms with Crippen LogP contribution in [0.1, 0.15) is 10.4 Å². The minimum atomic E-state index is -4.38. The normalized spacial score (nSPS) is 11.0. The molecule has 2 rings (SSSR count). The van der Waals surface area contributed by atoms with E-state index in [9.17, 15) is 22.8 Å². The van der Waals surface area contributed by atoms with Gasteiger partial charge in [-0.25, -0.2) is 4.79 Å². The zero-order valence-electron chi connectivity index (χ0n) is 11.9. The minimum absolute atomic E-state index is 0.0133. The Morgan fingerprint density at radius 3 is 2.21 bits per heavy atom. The highest BCUT2D eigenvalue weighted by Gasteiger charge is 2.29. The summed E-state index contributed by atoms with van der Waals surface area (Å²) in [6.07, 6.45) is 0. The number of benzene rings is 2. The first-order valence-corrected chi connectivity index (χ1v) is 7.67. The SMILES string of the molecule is O=C(NC(=O)c1ccccc1Cl)Nc1ccc(SC(F)(F)F)cc1. The van der Waals surface area contributed by atoms with Crippen LogP contribution in [0.3, 0.4) is 0 Å². The van der Waals surface area contributed by atoms with E-state index in [0.717, 1.165) is 0 Å². The van der Waals surface area contributed by atoms with Crippen molar-refractivity contribution < 1.29 is 22.8 Å². The van der Waals surface area contributed by atoms with Crippen molar-refractivity contribution in [2.24, 2.45) is 0 Å². The molecule has 0 bridgehead atoms. The van der Waals surface area contributed by atoms with Gasteiger partial charge in [0.1, 0.15) is 0 Å². The fraction of sp³-hybridized carbons (Fsp3) is 0.0667. The molecule has 0 aromatic heterocycles. The Hall–Kier alpha value is -2.19. The summed E-state index contributed by atoms with van der Waals surface area (Å²) in [5.41, 5.74) is -4.01. The molecular formula is C15H10ClF3N2O2S. The summed E-state index contributed by atoms with van der Waals surface area (Å²) < 4.78 is 36.7. The van der Waals surface area contributed by atoms with E-state index in [0.29, 0.717) is 0 Å². The number of imide groups is 1. The topological polar surface area (TPSA) is 58.2 Å². The molecule has 0 unspecified atom stereocenters. The molecule has 0 aliphatic heterocycles. The van der Waals surface area contributed by atoms with E-state index < -0.39 is 17.4 Å². The van der Waals surface area contributed by atoms with Crippen molar-refractivity contribution >= 4 is 41.0 Å². The van der Waals surface area contributed by atoms with Crippen LogP contribution in [-0.2, 0) is 0 Å². The van der Waals surface area contributed by atoms with Gasteiger partial charge in [-0.1, -0.05) is 23.7 Å². The number of alkyl halides is 3. The van der Waals surface area contributed by atoms with Crippen LogP contribution in [0.2, 0.25) is 5.02 Å². The molecule has 0 heterocycles. The number of amides is 3. The van der Waals surface area contributed by atoms with Gasteiger partial charge in [-0.3, -0.25) is 10.1 Å². The standard InChI is InChI=1S/C15H10ClF3N2O2S/c16-12-4-2-1-3-11(12)13(22)21-14(23)20-9-5-7-10(8-6-9)24-15(17,18)19/h1-8H,(H2,20,21,22,23). The van der Waals surface area contributed by atoms with Gasteiger partial charge in [-0.15, -0.1) is 0 Å². The van der Waals surface area contributed by atoms with Crippen molar-refractivity contribution in [3.63, 3.8) is 0 Å². The first-order chi connectivity index (χ1) is 11.2. The summed E-state index contributed by atoms with van der Waals surface area (Å²) >= 11 is 5.59. The van der Waals surface area contributed by atoms with Crippen molar-refractivity contribution in [1.82, 2.24) is 5.32 Å². The van der Waals surface area contributed by atoms with Crippen LogP contribution in [0, 0.1) is 0 Å². The third-order valence-electron chi connectivity index (χ3n) is 2.69. The van der Waals surface area contributed by atoms with E-state index in [2.05, 4.69) is 10.6 Å². The lowest BCUT2D eigenvalue weighted by Gasteiger charge is -2.09. The lowest BCUT2D eigenvalue weighted by Crippen LogP contribution is -2.34. The molecule has 0 saturated heterocycles. The van der Waals surface area contributed by atoms with Gasteiger partial charge in [-0.05, 0) is 48.2 Å². The molecule has 0 aliphatic rings. The summed E-state index contributed by atoms with van der Waals surface area (Å²) in [5.74, 6) is -0.692. The van der Waals surface area contributed by atoms with Crippen molar-refractivity contribution in [1.29, 1.82) is 0 Å². The van der Waals surface area contributed by atoms with Gasteiger partial charge in [0.25, 0.3) is 5.91 Å². The minimum Gasteiger partial charge on any atom is -0.308 e. The second-order valence-electron chi connectivity index (χ2n) is 4.46. The molecule has 0 radical (unpaired) electrons. The summed E-state index contributed by atoms with van der Waals surface area (Å²) in [6, 6.07) is 10.4. The Morgan fingerprint density at radius 1 is 1.00 bits per heavy atom. The number of anilines is 1. The van der Waals surface area contributed by atoms with Gasteiger partial charge >= 0.3 is 11.5 Å². The molecule has 0 atom stereocenters. The highest BCUT2D eigenvalue weighted by Crippen LogP contribution is 2.37. The number of hydrogen-bond acceptors (Lipinski definition) is 3. The van der Waals surface area contributed by atoms with Crippen LogP contribution in [0.15, 0.2) is 53.4 Å². The van der Waals surface area contributed by atoms with Gasteiger partial charge in [0.15, 0.2) is 0 Å². The molecule has 2 aromatic rings. The predicted molar refractivity (Wildman–Crippen MR) is 86.3 cm³/mol. The summed E-state index contributed by atoms with van der Waals surface area (Å²) in [4.78, 5) is 23.6. The first-order valence-electron chi connectivity index (χ1n) is 6.47. The van der Waals surface area contributed by atoms with Crippen LogP contribution in [0.4, 0.5) is 23.7 Å². The highest BCUT2D eigenvalue weighted by molar-refractivity contribution is 8.00. The number of carbonyl (C=O) groups excluding carboxylic acids is 2. The molecule has 0 fully saturated rings. The number of halogens is 4. The molecular weight excluding hydrogens is 365 g/mol. The van der Waals surface area contributed by atoms with Crippen molar-refractivity contribution in [3.05, 3.63) is 59.1 Å². The monoisotopic (exact) mass is 374 g/mol. The summed E-state index contributed by atoms with van der Waals surface area (Å²) in [5, 5.41) is 4.62. The van der Waals surface area contributed by atoms with Gasteiger partial charge < -0.3 is 5.32 Å². The molecule has 4 nitrogen and oxygen atoms in total. The maximum Gasteiger partial charge on any atom is 0.446 e. The van der Waals surface area contributed by atoms with E-state index in [1.54, 1.807) is 12.1 Å². The molecule has 0 spiro atoms. The molecule has 2 N–H and O–H groups in total. The van der Waals surface area contributed by atoms with Gasteiger partial charge in [0.05, 0.1) is 10.6 Å². The van der Waals surface area contributed by atoms with Gasteiger partial charge in [0, 0.05) is 10.6 Å². The lowest BCUT2D eigenvalue weighted by molar-refractivity contribution is -0.0328. The first kappa shape index (κ1) is 18.2. The van der Waals surface area contributed by atoms with Crippen LogP contribution in [-0.4, -0.2) is 17.4 Å². The predicted octanol–water partition coefficient (Wildman–Crippen LogP) is 4.91. The fourth-order valence-corrected chi connectivity index (χ4v) is 2.48. The number of nitrogens with one attached hydrogen (secondary N) is 2. The quantitative estimate of drug-likeness (QED) is 0.750. The number of rotatable bonds is 3. The third kappa shape index (κ3) is 5.47. The maximum absolute atomic E-state index is 12.2. The zero-order valence-corrected chi connectivity index (χ0v) is 13.4. The fourth-order valence-electron chi connectivity index (χ4n) is 1.72. The van der Waals surface area contributed by atoms with Crippen LogP contribution >= 0.6 is 23.4 Å². The number of hydrogen-bond donors (Lipinski definition) is 2. The number of carbonyl (C=O) groups is 2. The Bertz CT molecular complexity index is 751. The van der Waals surface area contributed by atoms with Crippen LogP contribution in [0.5, 0.6) is 0 Å². The molecule has 2 aromatic carbocycles. The smallest absolute Gasteiger partial charge is 0.308 e. The van der Waals surface area contributed by atoms with E-state index in [4.69, 9.17) is 11.6 Å². The van der Waals surface area contributed by atoms with Gasteiger partial charge in [0.2, 0.25) is 0 Å². The van der Waals surface area contributed by atoms with E-state index in [1.807, 2.05) is 0 Å². The summed E-state index contributed by atoms with van der Waals surface area (Å²) in [6.45, 7) is 0. The Morgan fingerprint density at radius 2 is 1.62 bits per heavy atom. The molecule has 24 heavy (non-hydrogen) atoms. The maximum atomic E-state index is 12.2. The second-order valence-corrected chi connectivity index (χ2v) is 6.01. The largest absolute Gasteiger partial charge is 0.446 e. The molecule has 126 valence electrons. The second kappa shape index (κ2) is 7.59. The molecule has 9 heteroatoms. The Balaban J connectivity index is 1.95. The zero-order chi connectivity index (χ0) is 17.7. The number of thioether (sulfide) groups is 1. The van der Waals surface area contributed by atoms with Crippen molar-refractivity contribution in [2.45, 2.75) is 10.4 Å². The Labute approximate surface area is 144 Å². The average molecular weight is 375 g/mol. The third-order valence-corrected chi connectivity index (χ3v) is 3.76. The summed E-state index contributed by atoms with van der Waals surface area (Å²) in [7, 11) is 0. The molecule has 3 amide bonds. The van der Waals surface area contributed by atoms with Crippen molar-refractivity contribution in [3.8, 4) is 0 Å². The van der Waals surface area contributed by atoms with Crippen LogP contribution < -0.4 is 10.6 Å². The van der Waals surface area contributed by atoms with Crippen LogP contribution in [0.25, 0.3) is 0 Å². The van der Waals surface area contributed by atoms with E-state index in [-0.39, 0.29) is 32.9 Å². The van der Waals surface area contributed by atoms with Crippen molar-refractivity contribution in [2.75, 3.05) is 5.32 Å². The highest BCUT2D eigenvalue weighted by atomic mass is 35.5. The molecule has 0 saturated carbocycles.